The van der Waals surface area contributed by atoms with Gasteiger partial charge in [-0.25, -0.2) is 0 Å². The Morgan fingerprint density at radius 3 is 1.27 bits per heavy atom. The topological polar surface area (TPSA) is 23.8 Å². The van der Waals surface area contributed by atoms with Crippen molar-refractivity contribution >= 4 is 53.9 Å². The second-order valence-corrected chi connectivity index (χ2v) is 10.5. The van der Waals surface area contributed by atoms with E-state index in [1.807, 2.05) is 24.3 Å². The summed E-state index contributed by atoms with van der Waals surface area (Å²) in [7, 11) is 0. The van der Waals surface area contributed by atoms with Crippen LogP contribution < -0.4 is 0 Å². The largest absolute Gasteiger partial charge is 0.192 e. The van der Waals surface area contributed by atoms with Crippen molar-refractivity contribution in [2.45, 2.75) is 0 Å². The zero-order valence-corrected chi connectivity index (χ0v) is 21.7. The van der Waals surface area contributed by atoms with Crippen LogP contribution in [0.25, 0.3) is 76.1 Å². The fourth-order valence-electron chi connectivity index (χ4n) is 6.14. The van der Waals surface area contributed by atoms with Crippen LogP contribution in [0.2, 0.25) is 0 Å². The molecule has 0 aliphatic heterocycles. The van der Waals surface area contributed by atoms with Gasteiger partial charge in [-0.1, -0.05) is 109 Å². The zero-order valence-electron chi connectivity index (χ0n) is 21.7. The van der Waals surface area contributed by atoms with Gasteiger partial charge in [0, 0.05) is 0 Å². The maximum atomic E-state index is 9.18. The van der Waals surface area contributed by atoms with E-state index in [0.29, 0.717) is 5.56 Å². The number of hydrogen-bond acceptors (Lipinski definition) is 1. The molecule has 8 aromatic carbocycles. The molecule has 0 amide bonds. The van der Waals surface area contributed by atoms with Crippen LogP contribution in [-0.2, 0) is 0 Å². The standard InChI is InChI=1S/C39H23N/c40-24-25-5-7-26(8-6-25)31-14-11-29-17-20-36-35(38(29)21-31)19-18-30-13-16-33(23-39(30)36)32-15-12-28-10-9-27-3-1-2-4-34(27)37(28)22-32/h1-23H. The number of hydrogen-bond donors (Lipinski definition) is 0. The molecule has 1 heteroatoms. The summed E-state index contributed by atoms with van der Waals surface area (Å²) in [6.45, 7) is 0. The van der Waals surface area contributed by atoms with Crippen LogP contribution >= 0.6 is 0 Å². The maximum absolute atomic E-state index is 9.18. The molecule has 0 aliphatic rings. The van der Waals surface area contributed by atoms with E-state index in [1.54, 1.807) is 0 Å². The van der Waals surface area contributed by atoms with Crippen LogP contribution in [-0.4, -0.2) is 0 Å². The Bertz CT molecular complexity index is 2320. The summed E-state index contributed by atoms with van der Waals surface area (Å²) in [6, 6.07) is 52.3. The van der Waals surface area contributed by atoms with E-state index >= 15 is 0 Å². The van der Waals surface area contributed by atoms with Gasteiger partial charge in [-0.15, -0.1) is 0 Å². The minimum Gasteiger partial charge on any atom is -0.192 e. The van der Waals surface area contributed by atoms with E-state index < -0.39 is 0 Å². The Hall–Kier alpha value is -5.45. The lowest BCUT2D eigenvalue weighted by atomic mass is 9.92. The number of nitriles is 1. The summed E-state index contributed by atoms with van der Waals surface area (Å²) in [5.74, 6) is 0. The van der Waals surface area contributed by atoms with Crippen LogP contribution in [0.3, 0.4) is 0 Å². The summed E-state index contributed by atoms with van der Waals surface area (Å²) >= 11 is 0. The molecule has 0 fully saturated rings. The molecule has 0 unspecified atom stereocenters. The molecule has 0 atom stereocenters. The molecule has 0 bridgehead atoms. The Kier molecular flexibility index (Phi) is 4.96. The molecular formula is C39H23N. The molecule has 0 saturated heterocycles. The van der Waals surface area contributed by atoms with Gasteiger partial charge in [0.1, 0.15) is 0 Å². The lowest BCUT2D eigenvalue weighted by molar-refractivity contribution is 1.48. The van der Waals surface area contributed by atoms with Crippen LogP contribution in [0.1, 0.15) is 5.56 Å². The molecule has 8 rings (SSSR count). The Balaban J connectivity index is 1.31. The van der Waals surface area contributed by atoms with Crippen molar-refractivity contribution in [1.29, 1.82) is 5.26 Å². The van der Waals surface area contributed by atoms with Crippen molar-refractivity contribution in [1.82, 2.24) is 0 Å². The second kappa shape index (κ2) is 8.80. The van der Waals surface area contributed by atoms with E-state index in [-0.39, 0.29) is 0 Å². The smallest absolute Gasteiger partial charge is 0.0991 e. The predicted octanol–water partition coefficient (Wildman–Crippen LogP) is 10.7. The molecule has 0 aliphatic carbocycles. The van der Waals surface area contributed by atoms with Crippen molar-refractivity contribution in [2.24, 2.45) is 0 Å². The van der Waals surface area contributed by atoms with Crippen LogP contribution in [0, 0.1) is 11.3 Å². The first-order valence-electron chi connectivity index (χ1n) is 13.6. The summed E-state index contributed by atoms with van der Waals surface area (Å²) in [6.07, 6.45) is 0. The lowest BCUT2D eigenvalue weighted by Crippen LogP contribution is -1.85. The fourth-order valence-corrected chi connectivity index (χ4v) is 6.14. The molecule has 0 radical (unpaired) electrons. The van der Waals surface area contributed by atoms with Gasteiger partial charge in [-0.3, -0.25) is 0 Å². The molecule has 1 nitrogen and oxygen atoms in total. The first-order valence-corrected chi connectivity index (χ1v) is 13.6. The molecule has 8 aromatic rings. The van der Waals surface area contributed by atoms with Crippen molar-refractivity contribution in [3.8, 4) is 28.3 Å². The highest BCUT2D eigenvalue weighted by Crippen LogP contribution is 2.36. The van der Waals surface area contributed by atoms with Gasteiger partial charge in [0.2, 0.25) is 0 Å². The Labute approximate surface area is 232 Å². The molecule has 0 N–H and O–H groups in total. The lowest BCUT2D eigenvalue weighted by Gasteiger charge is -2.12. The van der Waals surface area contributed by atoms with Gasteiger partial charge >= 0.3 is 0 Å². The number of rotatable bonds is 2. The second-order valence-electron chi connectivity index (χ2n) is 10.5. The molecular weight excluding hydrogens is 482 g/mol. The molecule has 0 saturated carbocycles. The minimum absolute atomic E-state index is 0.678. The fraction of sp³-hybridized carbons (Fsp3) is 0. The maximum Gasteiger partial charge on any atom is 0.0991 e. The molecule has 40 heavy (non-hydrogen) atoms. The first-order chi connectivity index (χ1) is 19.7. The van der Waals surface area contributed by atoms with Crippen molar-refractivity contribution in [2.75, 3.05) is 0 Å². The average Bonchev–Trinajstić information content (AvgIpc) is 3.03. The van der Waals surface area contributed by atoms with Gasteiger partial charge in [0.15, 0.2) is 0 Å². The third-order valence-electron chi connectivity index (χ3n) is 8.26. The normalized spacial score (nSPS) is 11.5. The van der Waals surface area contributed by atoms with Crippen LogP contribution in [0.5, 0.6) is 0 Å². The van der Waals surface area contributed by atoms with Gasteiger partial charge in [-0.2, -0.15) is 5.26 Å². The van der Waals surface area contributed by atoms with Gasteiger partial charge in [0.25, 0.3) is 0 Å². The summed E-state index contributed by atoms with van der Waals surface area (Å²) in [4.78, 5) is 0. The molecule has 0 aromatic heterocycles. The van der Waals surface area contributed by atoms with Crippen molar-refractivity contribution in [3.63, 3.8) is 0 Å². The van der Waals surface area contributed by atoms with E-state index in [9.17, 15) is 5.26 Å². The highest BCUT2D eigenvalue weighted by Gasteiger charge is 2.09. The summed E-state index contributed by atoms with van der Waals surface area (Å²) in [5, 5.41) is 21.8. The van der Waals surface area contributed by atoms with Crippen molar-refractivity contribution < 1.29 is 0 Å². The van der Waals surface area contributed by atoms with Gasteiger partial charge in [-0.05, 0) is 106 Å². The Morgan fingerprint density at radius 2 is 0.725 bits per heavy atom. The van der Waals surface area contributed by atoms with Crippen LogP contribution in [0.4, 0.5) is 0 Å². The van der Waals surface area contributed by atoms with E-state index in [1.165, 1.54) is 65.0 Å². The number of nitrogens with zero attached hydrogens (tertiary/aromatic N) is 1. The zero-order chi connectivity index (χ0) is 26.6. The van der Waals surface area contributed by atoms with E-state index in [4.69, 9.17) is 0 Å². The van der Waals surface area contributed by atoms with Gasteiger partial charge < -0.3 is 0 Å². The molecule has 184 valence electrons. The van der Waals surface area contributed by atoms with Crippen LogP contribution in [0.15, 0.2) is 140 Å². The van der Waals surface area contributed by atoms with E-state index in [2.05, 4.69) is 121 Å². The first kappa shape index (κ1) is 22.5. The molecule has 0 spiro atoms. The summed E-state index contributed by atoms with van der Waals surface area (Å²) in [5.41, 5.74) is 5.40. The molecule has 0 heterocycles. The Morgan fingerprint density at radius 1 is 0.325 bits per heavy atom. The minimum atomic E-state index is 0.678. The van der Waals surface area contributed by atoms with Gasteiger partial charge in [0.05, 0.1) is 11.6 Å². The van der Waals surface area contributed by atoms with Crippen molar-refractivity contribution in [3.05, 3.63) is 145 Å². The third-order valence-corrected chi connectivity index (χ3v) is 8.26. The third kappa shape index (κ3) is 3.55. The van der Waals surface area contributed by atoms with E-state index in [0.717, 1.165) is 11.1 Å². The highest BCUT2D eigenvalue weighted by molar-refractivity contribution is 6.18. The SMILES string of the molecule is N#Cc1ccc(-c2ccc3ccc4c5cc(-c6ccc7ccc8ccccc8c7c6)ccc5ccc4c3c2)cc1. The highest BCUT2D eigenvalue weighted by atomic mass is 14.2. The average molecular weight is 506 g/mol. The number of benzene rings is 8. The number of fused-ring (bicyclic) bond motifs is 8. The summed E-state index contributed by atoms with van der Waals surface area (Å²) < 4.78 is 0. The predicted molar refractivity (Wildman–Crippen MR) is 170 cm³/mol. The monoisotopic (exact) mass is 505 g/mol. The quantitative estimate of drug-likeness (QED) is 0.214.